The third-order valence-corrected chi connectivity index (χ3v) is 3.87. The van der Waals surface area contributed by atoms with Crippen LogP contribution >= 0.6 is 11.6 Å². The van der Waals surface area contributed by atoms with Crippen LogP contribution < -0.4 is 4.74 Å². The van der Waals surface area contributed by atoms with Crippen molar-refractivity contribution in [3.05, 3.63) is 28.8 Å². The van der Waals surface area contributed by atoms with Crippen LogP contribution in [-0.4, -0.2) is 30.0 Å². The van der Waals surface area contributed by atoms with Crippen LogP contribution in [0.25, 0.3) is 0 Å². The number of rotatable bonds is 3. The maximum atomic E-state index is 12.1. The van der Waals surface area contributed by atoms with Crippen molar-refractivity contribution in [1.29, 1.82) is 0 Å². The molecule has 1 fully saturated rings. The SMILES string of the molecule is Cc1ccc(Cl)c(OCC(=O)N2CCCCC2C)c1. The number of ether oxygens (including phenoxy) is 1. The Morgan fingerprint density at radius 3 is 3.00 bits per heavy atom. The Morgan fingerprint density at radius 1 is 1.47 bits per heavy atom. The molecule has 3 nitrogen and oxygen atoms in total. The Hall–Kier alpha value is -1.22. The number of piperidine rings is 1. The van der Waals surface area contributed by atoms with Gasteiger partial charge in [-0.1, -0.05) is 17.7 Å². The molecule has 1 heterocycles. The Balaban J connectivity index is 1.94. The Labute approximate surface area is 119 Å². The molecule has 0 spiro atoms. The molecule has 0 saturated carbocycles. The molecule has 1 unspecified atom stereocenters. The fourth-order valence-corrected chi connectivity index (χ4v) is 2.58. The molecule has 0 aliphatic carbocycles. The van der Waals surface area contributed by atoms with Gasteiger partial charge in [-0.15, -0.1) is 0 Å². The number of aryl methyl sites for hydroxylation is 1. The molecule has 1 aromatic carbocycles. The topological polar surface area (TPSA) is 29.5 Å². The number of carbonyl (C=O) groups excluding carboxylic acids is 1. The number of nitrogens with zero attached hydrogens (tertiary/aromatic N) is 1. The van der Waals surface area contributed by atoms with E-state index in [9.17, 15) is 4.79 Å². The summed E-state index contributed by atoms with van der Waals surface area (Å²) in [5.74, 6) is 0.629. The normalized spacial score (nSPS) is 19.3. The van der Waals surface area contributed by atoms with Gasteiger partial charge in [0.25, 0.3) is 5.91 Å². The summed E-state index contributed by atoms with van der Waals surface area (Å²) in [4.78, 5) is 14.0. The van der Waals surface area contributed by atoms with E-state index in [2.05, 4.69) is 6.92 Å². The van der Waals surface area contributed by atoms with Crippen molar-refractivity contribution in [2.75, 3.05) is 13.2 Å². The number of hydrogen-bond donors (Lipinski definition) is 0. The summed E-state index contributed by atoms with van der Waals surface area (Å²) < 4.78 is 5.56. The van der Waals surface area contributed by atoms with Gasteiger partial charge in [0.1, 0.15) is 5.75 Å². The van der Waals surface area contributed by atoms with E-state index in [0.717, 1.165) is 24.9 Å². The van der Waals surface area contributed by atoms with Crippen molar-refractivity contribution in [2.24, 2.45) is 0 Å². The number of hydrogen-bond acceptors (Lipinski definition) is 2. The zero-order valence-corrected chi connectivity index (χ0v) is 12.2. The standard InChI is InChI=1S/C15H20ClNO2/c1-11-6-7-13(16)14(9-11)19-10-15(18)17-8-4-3-5-12(17)2/h6-7,9,12H,3-5,8,10H2,1-2H3. The van der Waals surface area contributed by atoms with Gasteiger partial charge in [0.2, 0.25) is 0 Å². The maximum absolute atomic E-state index is 12.1. The summed E-state index contributed by atoms with van der Waals surface area (Å²) >= 11 is 6.04. The second-order valence-corrected chi connectivity index (χ2v) is 5.56. The van der Waals surface area contributed by atoms with E-state index in [4.69, 9.17) is 16.3 Å². The third kappa shape index (κ3) is 3.63. The molecule has 19 heavy (non-hydrogen) atoms. The molecule has 4 heteroatoms. The highest BCUT2D eigenvalue weighted by Crippen LogP contribution is 2.25. The molecule has 0 bridgehead atoms. The predicted octanol–water partition coefficient (Wildman–Crippen LogP) is 3.43. The molecule has 1 aliphatic rings. The van der Waals surface area contributed by atoms with E-state index in [1.54, 1.807) is 6.07 Å². The molecule has 1 atom stereocenters. The van der Waals surface area contributed by atoms with Gasteiger partial charge in [0.05, 0.1) is 5.02 Å². The average Bonchev–Trinajstić information content (AvgIpc) is 2.40. The van der Waals surface area contributed by atoms with Crippen LogP contribution in [0.15, 0.2) is 18.2 Å². The lowest BCUT2D eigenvalue weighted by molar-refractivity contribution is -0.136. The van der Waals surface area contributed by atoms with Crippen LogP contribution in [0.5, 0.6) is 5.75 Å². The van der Waals surface area contributed by atoms with Gasteiger partial charge in [0.15, 0.2) is 6.61 Å². The number of carbonyl (C=O) groups is 1. The largest absolute Gasteiger partial charge is 0.482 e. The van der Waals surface area contributed by atoms with Crippen molar-refractivity contribution in [3.8, 4) is 5.75 Å². The van der Waals surface area contributed by atoms with Gasteiger partial charge in [-0.3, -0.25) is 4.79 Å². The molecular formula is C15H20ClNO2. The summed E-state index contributed by atoms with van der Waals surface area (Å²) in [5.41, 5.74) is 1.07. The molecule has 0 radical (unpaired) electrons. The number of halogens is 1. The highest BCUT2D eigenvalue weighted by atomic mass is 35.5. The highest BCUT2D eigenvalue weighted by molar-refractivity contribution is 6.32. The molecule has 104 valence electrons. The molecular weight excluding hydrogens is 262 g/mol. The van der Waals surface area contributed by atoms with Gasteiger partial charge in [0, 0.05) is 12.6 Å². The van der Waals surface area contributed by atoms with Crippen LogP contribution in [0.2, 0.25) is 5.02 Å². The van der Waals surface area contributed by atoms with Crippen molar-refractivity contribution in [3.63, 3.8) is 0 Å². The van der Waals surface area contributed by atoms with E-state index >= 15 is 0 Å². The van der Waals surface area contributed by atoms with E-state index in [0.29, 0.717) is 16.8 Å². The number of benzene rings is 1. The summed E-state index contributed by atoms with van der Waals surface area (Å²) in [5, 5.41) is 0.546. The fourth-order valence-electron chi connectivity index (χ4n) is 2.41. The smallest absolute Gasteiger partial charge is 0.260 e. The molecule has 1 aromatic rings. The summed E-state index contributed by atoms with van der Waals surface area (Å²) in [6, 6.07) is 5.89. The van der Waals surface area contributed by atoms with Crippen LogP contribution in [0.1, 0.15) is 31.7 Å². The minimum absolute atomic E-state index is 0.0461. The van der Waals surface area contributed by atoms with Crippen LogP contribution in [0.3, 0.4) is 0 Å². The number of amides is 1. The predicted molar refractivity (Wildman–Crippen MR) is 76.7 cm³/mol. The van der Waals surface area contributed by atoms with Gasteiger partial charge in [-0.05, 0) is 50.8 Å². The van der Waals surface area contributed by atoms with E-state index in [1.807, 2.05) is 24.0 Å². The van der Waals surface area contributed by atoms with Crippen molar-refractivity contribution >= 4 is 17.5 Å². The highest BCUT2D eigenvalue weighted by Gasteiger charge is 2.23. The van der Waals surface area contributed by atoms with Gasteiger partial charge in [-0.2, -0.15) is 0 Å². The average molecular weight is 282 g/mol. The Bertz CT molecular complexity index is 461. The summed E-state index contributed by atoms with van der Waals surface area (Å²) in [6.45, 7) is 4.97. The third-order valence-electron chi connectivity index (χ3n) is 3.56. The maximum Gasteiger partial charge on any atom is 0.260 e. The lowest BCUT2D eigenvalue weighted by Gasteiger charge is -2.33. The Morgan fingerprint density at radius 2 is 2.26 bits per heavy atom. The van der Waals surface area contributed by atoms with E-state index in [-0.39, 0.29) is 12.5 Å². The van der Waals surface area contributed by atoms with Crippen molar-refractivity contribution in [2.45, 2.75) is 39.2 Å². The van der Waals surface area contributed by atoms with E-state index in [1.165, 1.54) is 6.42 Å². The van der Waals surface area contributed by atoms with Crippen molar-refractivity contribution in [1.82, 2.24) is 4.90 Å². The molecule has 1 amide bonds. The zero-order valence-electron chi connectivity index (χ0n) is 11.5. The number of likely N-dealkylation sites (tertiary alicyclic amines) is 1. The second-order valence-electron chi connectivity index (χ2n) is 5.15. The molecule has 0 aromatic heterocycles. The van der Waals surface area contributed by atoms with Crippen LogP contribution in [-0.2, 0) is 4.79 Å². The quantitative estimate of drug-likeness (QED) is 0.849. The van der Waals surface area contributed by atoms with Crippen LogP contribution in [0, 0.1) is 6.92 Å². The van der Waals surface area contributed by atoms with Gasteiger partial charge < -0.3 is 9.64 Å². The van der Waals surface area contributed by atoms with Crippen LogP contribution in [0.4, 0.5) is 0 Å². The Kier molecular flexibility index (Phi) is 4.70. The summed E-state index contributed by atoms with van der Waals surface area (Å²) in [7, 11) is 0. The molecule has 1 saturated heterocycles. The minimum atomic E-state index is 0.0461. The fraction of sp³-hybridized carbons (Fsp3) is 0.533. The lowest BCUT2D eigenvalue weighted by Crippen LogP contribution is -2.44. The first-order valence-electron chi connectivity index (χ1n) is 6.76. The zero-order chi connectivity index (χ0) is 13.8. The van der Waals surface area contributed by atoms with Gasteiger partial charge in [-0.25, -0.2) is 0 Å². The van der Waals surface area contributed by atoms with E-state index < -0.39 is 0 Å². The summed E-state index contributed by atoms with van der Waals surface area (Å²) in [6.07, 6.45) is 3.37. The molecule has 1 aliphatic heterocycles. The second kappa shape index (κ2) is 6.29. The first-order valence-corrected chi connectivity index (χ1v) is 7.14. The molecule has 2 rings (SSSR count). The first kappa shape index (κ1) is 14.2. The van der Waals surface area contributed by atoms with Gasteiger partial charge >= 0.3 is 0 Å². The first-order chi connectivity index (χ1) is 9.08. The molecule has 0 N–H and O–H groups in total. The lowest BCUT2D eigenvalue weighted by atomic mass is 10.0. The minimum Gasteiger partial charge on any atom is -0.482 e. The monoisotopic (exact) mass is 281 g/mol. The van der Waals surface area contributed by atoms with Crippen molar-refractivity contribution < 1.29 is 9.53 Å².